The van der Waals surface area contributed by atoms with Gasteiger partial charge in [0.1, 0.15) is 5.52 Å². The molecule has 4 rings (SSSR count). The summed E-state index contributed by atoms with van der Waals surface area (Å²) < 4.78 is 14.0. The quantitative estimate of drug-likeness (QED) is 0.698. The van der Waals surface area contributed by atoms with Gasteiger partial charge in [-0.1, -0.05) is 12.1 Å². The molecule has 136 valence electrons. The SMILES string of the molecule is CC#CCCC1CNC(=O)c2cc(-c3cccc4nc(C)c(F)nc34)[nH]c21. The van der Waals surface area contributed by atoms with Gasteiger partial charge in [-0.25, -0.2) is 9.97 Å². The van der Waals surface area contributed by atoms with E-state index in [9.17, 15) is 9.18 Å². The number of carbonyl (C=O) groups is 1. The molecule has 0 fully saturated rings. The molecule has 3 aromatic rings. The van der Waals surface area contributed by atoms with Crippen LogP contribution in [0.5, 0.6) is 0 Å². The number of para-hydroxylation sites is 1. The number of nitrogens with zero attached hydrogens (tertiary/aromatic N) is 2. The number of hydrogen-bond acceptors (Lipinski definition) is 3. The predicted octanol–water partition coefficient (Wildman–Crippen LogP) is 3.70. The number of aromatic nitrogens is 3. The molecule has 0 radical (unpaired) electrons. The molecular weight excluding hydrogens is 343 g/mol. The second-order valence-electron chi connectivity index (χ2n) is 6.66. The number of nitrogens with one attached hydrogen (secondary N) is 2. The Morgan fingerprint density at radius 3 is 2.96 bits per heavy atom. The van der Waals surface area contributed by atoms with Crippen LogP contribution in [0.3, 0.4) is 0 Å². The van der Waals surface area contributed by atoms with E-state index in [1.807, 2.05) is 25.1 Å². The van der Waals surface area contributed by atoms with Gasteiger partial charge in [0.05, 0.1) is 16.8 Å². The van der Waals surface area contributed by atoms with Gasteiger partial charge in [0.25, 0.3) is 5.91 Å². The highest BCUT2D eigenvalue weighted by atomic mass is 19.1. The summed E-state index contributed by atoms with van der Waals surface area (Å²) in [5.74, 6) is 5.47. The molecule has 0 saturated heterocycles. The van der Waals surface area contributed by atoms with Crippen molar-refractivity contribution in [2.75, 3.05) is 6.54 Å². The number of rotatable bonds is 3. The van der Waals surface area contributed by atoms with Gasteiger partial charge in [-0.05, 0) is 32.4 Å². The van der Waals surface area contributed by atoms with Gasteiger partial charge in [-0.3, -0.25) is 4.79 Å². The molecule has 5 nitrogen and oxygen atoms in total. The number of aryl methyl sites for hydroxylation is 1. The Labute approximate surface area is 156 Å². The van der Waals surface area contributed by atoms with Crippen LogP contribution < -0.4 is 5.32 Å². The Morgan fingerprint density at radius 2 is 2.15 bits per heavy atom. The first kappa shape index (κ1) is 17.2. The molecule has 1 amide bonds. The molecule has 0 saturated carbocycles. The minimum atomic E-state index is -0.583. The molecule has 27 heavy (non-hydrogen) atoms. The number of aromatic amines is 1. The van der Waals surface area contributed by atoms with Gasteiger partial charge in [0.15, 0.2) is 0 Å². The van der Waals surface area contributed by atoms with Crippen molar-refractivity contribution in [2.24, 2.45) is 0 Å². The highest BCUT2D eigenvalue weighted by Crippen LogP contribution is 2.33. The lowest BCUT2D eigenvalue weighted by molar-refractivity contribution is 0.0939. The van der Waals surface area contributed by atoms with E-state index in [1.165, 1.54) is 0 Å². The lowest BCUT2D eigenvalue weighted by Crippen LogP contribution is -2.34. The van der Waals surface area contributed by atoms with Crippen molar-refractivity contribution in [3.63, 3.8) is 0 Å². The molecule has 0 bridgehead atoms. The lowest BCUT2D eigenvalue weighted by atomic mass is 9.93. The van der Waals surface area contributed by atoms with Crippen molar-refractivity contribution in [1.82, 2.24) is 20.3 Å². The van der Waals surface area contributed by atoms with Crippen LogP contribution >= 0.6 is 0 Å². The van der Waals surface area contributed by atoms with Crippen molar-refractivity contribution in [3.05, 3.63) is 47.2 Å². The van der Waals surface area contributed by atoms with Gasteiger partial charge >= 0.3 is 0 Å². The van der Waals surface area contributed by atoms with Gasteiger partial charge in [-0.2, -0.15) is 4.39 Å². The van der Waals surface area contributed by atoms with Crippen LogP contribution in [0.15, 0.2) is 24.3 Å². The Morgan fingerprint density at radius 1 is 1.30 bits per heavy atom. The molecule has 2 N–H and O–H groups in total. The van der Waals surface area contributed by atoms with Crippen molar-refractivity contribution in [2.45, 2.75) is 32.6 Å². The molecule has 3 heterocycles. The summed E-state index contributed by atoms with van der Waals surface area (Å²) in [5.41, 5.74) is 4.38. The monoisotopic (exact) mass is 362 g/mol. The Kier molecular flexibility index (Phi) is 4.36. The fraction of sp³-hybridized carbons (Fsp3) is 0.286. The maximum absolute atomic E-state index is 14.0. The molecular formula is C21H19FN4O. The van der Waals surface area contributed by atoms with Crippen molar-refractivity contribution >= 4 is 16.9 Å². The molecule has 2 aromatic heterocycles. The van der Waals surface area contributed by atoms with Gasteiger partial charge in [0.2, 0.25) is 5.95 Å². The minimum absolute atomic E-state index is 0.0985. The standard InChI is InChI=1S/C21H19FN4O/c1-3-4-5-7-13-11-23-21(27)15-10-17(25-18(13)15)14-8-6-9-16-19(14)26-20(22)12(2)24-16/h6,8-10,13,25H,5,7,11H2,1-2H3,(H,23,27). The van der Waals surface area contributed by atoms with E-state index in [0.717, 1.165) is 29.8 Å². The van der Waals surface area contributed by atoms with Crippen LogP contribution in [0, 0.1) is 24.7 Å². The Bertz CT molecular complexity index is 1110. The van der Waals surface area contributed by atoms with E-state index in [2.05, 4.69) is 32.1 Å². The number of amides is 1. The van der Waals surface area contributed by atoms with E-state index < -0.39 is 5.95 Å². The average Bonchev–Trinajstić information content (AvgIpc) is 3.10. The summed E-state index contributed by atoms with van der Waals surface area (Å²) in [6, 6.07) is 7.34. The summed E-state index contributed by atoms with van der Waals surface area (Å²) in [6.45, 7) is 4.00. The second-order valence-corrected chi connectivity index (χ2v) is 6.66. The van der Waals surface area contributed by atoms with Crippen molar-refractivity contribution in [3.8, 4) is 23.1 Å². The number of fused-ring (bicyclic) bond motifs is 2. The maximum atomic E-state index is 14.0. The largest absolute Gasteiger partial charge is 0.357 e. The highest BCUT2D eigenvalue weighted by molar-refractivity contribution is 5.99. The summed E-state index contributed by atoms with van der Waals surface area (Å²) in [6.07, 6.45) is 1.63. The van der Waals surface area contributed by atoms with Crippen LogP contribution in [0.2, 0.25) is 0 Å². The molecule has 1 aliphatic rings. The first-order valence-electron chi connectivity index (χ1n) is 8.92. The zero-order valence-electron chi connectivity index (χ0n) is 15.2. The zero-order chi connectivity index (χ0) is 19.0. The van der Waals surface area contributed by atoms with Crippen LogP contribution in [0.1, 0.15) is 47.4 Å². The second kappa shape index (κ2) is 6.84. The molecule has 0 aliphatic carbocycles. The summed E-state index contributed by atoms with van der Waals surface area (Å²) in [5, 5.41) is 2.94. The number of hydrogen-bond donors (Lipinski definition) is 2. The van der Waals surface area contributed by atoms with Crippen LogP contribution in [0.25, 0.3) is 22.3 Å². The zero-order valence-corrected chi connectivity index (χ0v) is 15.2. The van der Waals surface area contributed by atoms with Gasteiger partial charge in [-0.15, -0.1) is 11.8 Å². The predicted molar refractivity (Wildman–Crippen MR) is 102 cm³/mol. The molecule has 1 unspecified atom stereocenters. The van der Waals surface area contributed by atoms with Gasteiger partial charge < -0.3 is 10.3 Å². The first-order valence-corrected chi connectivity index (χ1v) is 8.92. The highest BCUT2D eigenvalue weighted by Gasteiger charge is 2.28. The molecule has 1 atom stereocenters. The molecule has 1 aliphatic heterocycles. The van der Waals surface area contributed by atoms with Crippen molar-refractivity contribution < 1.29 is 9.18 Å². The number of halogens is 1. The molecule has 6 heteroatoms. The fourth-order valence-corrected chi connectivity index (χ4v) is 3.52. The van der Waals surface area contributed by atoms with Crippen LogP contribution in [0.4, 0.5) is 4.39 Å². The summed E-state index contributed by atoms with van der Waals surface area (Å²) >= 11 is 0. The molecule has 0 spiro atoms. The van der Waals surface area contributed by atoms with Gasteiger partial charge in [0, 0.05) is 35.8 Å². The number of H-pyrrole nitrogens is 1. The third kappa shape index (κ3) is 3.06. The Hall–Kier alpha value is -3.20. The van der Waals surface area contributed by atoms with E-state index in [0.29, 0.717) is 23.1 Å². The van der Waals surface area contributed by atoms with Crippen LogP contribution in [-0.4, -0.2) is 27.4 Å². The topological polar surface area (TPSA) is 70.7 Å². The number of benzene rings is 1. The minimum Gasteiger partial charge on any atom is -0.357 e. The first-order chi connectivity index (χ1) is 13.1. The third-order valence-corrected chi connectivity index (χ3v) is 4.91. The summed E-state index contributed by atoms with van der Waals surface area (Å²) in [7, 11) is 0. The average molecular weight is 362 g/mol. The lowest BCUT2D eigenvalue weighted by Gasteiger charge is -2.22. The molecule has 1 aromatic carbocycles. The maximum Gasteiger partial charge on any atom is 0.253 e. The number of carbonyl (C=O) groups excluding carboxylic acids is 1. The van der Waals surface area contributed by atoms with Crippen LogP contribution in [-0.2, 0) is 0 Å². The van der Waals surface area contributed by atoms with E-state index in [1.54, 1.807) is 13.0 Å². The Balaban J connectivity index is 1.81. The summed E-state index contributed by atoms with van der Waals surface area (Å²) in [4.78, 5) is 24.1. The van der Waals surface area contributed by atoms with E-state index >= 15 is 0 Å². The van der Waals surface area contributed by atoms with E-state index in [4.69, 9.17) is 0 Å². The van der Waals surface area contributed by atoms with E-state index in [-0.39, 0.29) is 17.5 Å². The van der Waals surface area contributed by atoms with Crippen molar-refractivity contribution in [1.29, 1.82) is 0 Å². The fourth-order valence-electron chi connectivity index (χ4n) is 3.52. The normalized spacial score (nSPS) is 15.8. The smallest absolute Gasteiger partial charge is 0.253 e. The third-order valence-electron chi connectivity index (χ3n) is 4.91.